The van der Waals surface area contributed by atoms with E-state index in [1.54, 1.807) is 11.3 Å². The molecule has 2 atom stereocenters. The molecule has 1 amide bonds. The van der Waals surface area contributed by atoms with E-state index in [1.165, 1.54) is 4.88 Å². The Hall–Kier alpha value is -1.85. The molecule has 1 saturated heterocycles. The van der Waals surface area contributed by atoms with Crippen LogP contribution in [0.5, 0.6) is 5.75 Å². The average molecular weight is 314 g/mol. The fourth-order valence-corrected chi connectivity index (χ4v) is 4.07. The third-order valence-corrected chi connectivity index (χ3v) is 5.35. The van der Waals surface area contributed by atoms with E-state index < -0.39 is 0 Å². The molecule has 1 aromatic heterocycles. The van der Waals surface area contributed by atoms with Crippen molar-refractivity contribution in [2.24, 2.45) is 0 Å². The van der Waals surface area contributed by atoms with E-state index >= 15 is 0 Å². The van der Waals surface area contributed by atoms with Crippen LogP contribution in [0, 0.1) is 0 Å². The number of fused-ring (bicyclic) bond motifs is 2. The summed E-state index contributed by atoms with van der Waals surface area (Å²) in [5, 5.41) is 2.10. The van der Waals surface area contributed by atoms with Gasteiger partial charge >= 0.3 is 0 Å². The molecule has 0 aliphatic carbocycles. The molecule has 0 spiro atoms. The number of likely N-dealkylation sites (N-methyl/N-ethyl adjacent to an activating group) is 1. The highest BCUT2D eigenvalue weighted by atomic mass is 32.1. The van der Waals surface area contributed by atoms with E-state index in [0.717, 1.165) is 19.6 Å². The Kier molecular flexibility index (Phi) is 3.39. The summed E-state index contributed by atoms with van der Waals surface area (Å²) in [6.07, 6.45) is 0.0394. The van der Waals surface area contributed by atoms with Gasteiger partial charge in [0.25, 0.3) is 5.91 Å². The number of benzene rings is 1. The van der Waals surface area contributed by atoms with Crippen LogP contribution in [-0.2, 0) is 6.54 Å². The Labute approximate surface area is 133 Å². The van der Waals surface area contributed by atoms with E-state index in [2.05, 4.69) is 22.4 Å². The number of hydrogen-bond acceptors (Lipinski definition) is 4. The van der Waals surface area contributed by atoms with Crippen LogP contribution in [0.2, 0.25) is 0 Å². The molecular weight excluding hydrogens is 296 g/mol. The lowest BCUT2D eigenvalue weighted by Crippen LogP contribution is -2.44. The van der Waals surface area contributed by atoms with Crippen LogP contribution in [-0.4, -0.2) is 48.0 Å². The number of ether oxygens (including phenoxy) is 1. The van der Waals surface area contributed by atoms with Crippen molar-refractivity contribution < 1.29 is 9.53 Å². The monoisotopic (exact) mass is 314 g/mol. The molecule has 4 rings (SSSR count). The quantitative estimate of drug-likeness (QED) is 0.854. The Morgan fingerprint density at radius 3 is 2.91 bits per heavy atom. The van der Waals surface area contributed by atoms with Gasteiger partial charge in [0.2, 0.25) is 0 Å². The fourth-order valence-electron chi connectivity index (χ4n) is 3.32. The Bertz CT molecular complexity index is 686. The van der Waals surface area contributed by atoms with Gasteiger partial charge in [-0.2, -0.15) is 0 Å². The molecular formula is C17H18N2O2S. The molecule has 2 aliphatic heterocycles. The molecule has 22 heavy (non-hydrogen) atoms. The average Bonchev–Trinajstić information content (AvgIpc) is 3.15. The molecule has 4 nitrogen and oxygen atoms in total. The number of likely N-dealkylation sites (tertiary alicyclic amines) is 1. The molecule has 0 N–H and O–H groups in total. The summed E-state index contributed by atoms with van der Waals surface area (Å²) in [5.74, 6) is 0.769. The number of hydrogen-bond donors (Lipinski definition) is 0. The summed E-state index contributed by atoms with van der Waals surface area (Å²) >= 11 is 1.77. The van der Waals surface area contributed by atoms with E-state index in [9.17, 15) is 4.79 Å². The molecule has 0 saturated carbocycles. The molecule has 1 aromatic carbocycles. The second kappa shape index (κ2) is 5.41. The largest absolute Gasteiger partial charge is 0.486 e. The predicted molar refractivity (Wildman–Crippen MR) is 86.3 cm³/mol. The number of amides is 1. The molecule has 114 valence electrons. The van der Waals surface area contributed by atoms with Crippen molar-refractivity contribution in [2.75, 3.05) is 20.1 Å². The van der Waals surface area contributed by atoms with E-state index in [4.69, 9.17) is 4.74 Å². The molecule has 2 aliphatic rings. The summed E-state index contributed by atoms with van der Waals surface area (Å²) in [5.41, 5.74) is 0.671. The summed E-state index contributed by atoms with van der Waals surface area (Å²) in [6.45, 7) is 2.64. The van der Waals surface area contributed by atoms with Crippen LogP contribution in [0.15, 0.2) is 41.8 Å². The normalized spacial score (nSPS) is 24.6. The first kappa shape index (κ1) is 13.8. The Morgan fingerprint density at radius 2 is 2.09 bits per heavy atom. The van der Waals surface area contributed by atoms with Crippen LogP contribution in [0.4, 0.5) is 0 Å². The minimum atomic E-state index is 0.0394. The Morgan fingerprint density at radius 1 is 1.23 bits per heavy atom. The van der Waals surface area contributed by atoms with E-state index in [1.807, 2.05) is 36.2 Å². The van der Waals surface area contributed by atoms with Gasteiger partial charge in [-0.3, -0.25) is 9.69 Å². The van der Waals surface area contributed by atoms with Crippen LogP contribution in [0.1, 0.15) is 15.2 Å². The highest BCUT2D eigenvalue weighted by Gasteiger charge is 2.42. The highest BCUT2D eigenvalue weighted by molar-refractivity contribution is 7.09. The van der Waals surface area contributed by atoms with Gasteiger partial charge < -0.3 is 9.64 Å². The number of carbonyl (C=O) groups is 1. The molecule has 1 fully saturated rings. The van der Waals surface area contributed by atoms with Crippen molar-refractivity contribution in [1.29, 1.82) is 0 Å². The van der Waals surface area contributed by atoms with Gasteiger partial charge in [-0.05, 0) is 23.6 Å². The number of carbonyl (C=O) groups excluding carboxylic acids is 1. The van der Waals surface area contributed by atoms with Gasteiger partial charge in [-0.1, -0.05) is 18.2 Å². The third kappa shape index (κ3) is 2.30. The standard InChI is InChI=1S/C17H18N2O2S/c1-18-14-10-19(9-12-5-4-8-22-12)11-16(14)21-15-7-3-2-6-13(15)17(18)20/h2-8,14,16H,9-11H2,1H3/t14-,16+/m1/s1. The zero-order chi connectivity index (χ0) is 15.1. The van der Waals surface area contributed by atoms with Gasteiger partial charge in [-0.25, -0.2) is 0 Å². The molecule has 5 heteroatoms. The summed E-state index contributed by atoms with van der Waals surface area (Å²) in [6, 6.07) is 11.9. The molecule has 0 unspecified atom stereocenters. The third-order valence-electron chi connectivity index (χ3n) is 4.49. The first-order chi connectivity index (χ1) is 10.7. The zero-order valence-electron chi connectivity index (χ0n) is 12.4. The van der Waals surface area contributed by atoms with Crippen LogP contribution in [0.25, 0.3) is 0 Å². The number of thiophene rings is 1. The number of rotatable bonds is 2. The maximum Gasteiger partial charge on any atom is 0.257 e. The van der Waals surface area contributed by atoms with Crippen molar-refractivity contribution in [2.45, 2.75) is 18.7 Å². The van der Waals surface area contributed by atoms with Gasteiger partial charge in [0, 0.05) is 31.6 Å². The second-order valence-electron chi connectivity index (χ2n) is 5.91. The number of nitrogens with zero attached hydrogens (tertiary/aromatic N) is 2. The fraction of sp³-hybridized carbons (Fsp3) is 0.353. The maximum atomic E-state index is 12.6. The first-order valence-corrected chi connectivity index (χ1v) is 8.38. The summed E-state index contributed by atoms with van der Waals surface area (Å²) < 4.78 is 6.17. The lowest BCUT2D eigenvalue weighted by molar-refractivity contribution is 0.0682. The Balaban J connectivity index is 1.58. The van der Waals surface area contributed by atoms with E-state index in [0.29, 0.717) is 11.3 Å². The lowest BCUT2D eigenvalue weighted by Gasteiger charge is -2.25. The minimum Gasteiger partial charge on any atom is -0.486 e. The maximum absolute atomic E-state index is 12.6. The highest BCUT2D eigenvalue weighted by Crippen LogP contribution is 2.31. The summed E-state index contributed by atoms with van der Waals surface area (Å²) in [7, 11) is 1.89. The van der Waals surface area contributed by atoms with Crippen LogP contribution >= 0.6 is 11.3 Å². The summed E-state index contributed by atoms with van der Waals surface area (Å²) in [4.78, 5) is 18.2. The molecule has 0 radical (unpaired) electrons. The second-order valence-corrected chi connectivity index (χ2v) is 6.94. The zero-order valence-corrected chi connectivity index (χ0v) is 13.3. The van der Waals surface area contributed by atoms with Crippen LogP contribution < -0.4 is 4.74 Å². The van der Waals surface area contributed by atoms with Crippen molar-refractivity contribution in [3.63, 3.8) is 0 Å². The SMILES string of the molecule is CN1C(=O)c2ccccc2O[C@H]2CN(Cc3cccs3)C[C@H]21. The van der Waals surface area contributed by atoms with Gasteiger partial charge in [0.1, 0.15) is 11.9 Å². The first-order valence-electron chi connectivity index (χ1n) is 7.50. The van der Waals surface area contributed by atoms with Gasteiger partial charge in [0.05, 0.1) is 11.6 Å². The molecule has 0 bridgehead atoms. The lowest BCUT2D eigenvalue weighted by atomic mass is 10.1. The van der Waals surface area contributed by atoms with Crippen molar-refractivity contribution >= 4 is 17.2 Å². The predicted octanol–water partition coefficient (Wildman–Crippen LogP) is 2.47. The molecule has 2 aromatic rings. The topological polar surface area (TPSA) is 32.8 Å². The minimum absolute atomic E-state index is 0.0394. The van der Waals surface area contributed by atoms with Crippen molar-refractivity contribution in [3.8, 4) is 5.75 Å². The van der Waals surface area contributed by atoms with Crippen molar-refractivity contribution in [1.82, 2.24) is 9.80 Å². The van der Waals surface area contributed by atoms with Crippen LogP contribution in [0.3, 0.4) is 0 Å². The van der Waals surface area contributed by atoms with Crippen molar-refractivity contribution in [3.05, 3.63) is 52.2 Å². The van der Waals surface area contributed by atoms with Gasteiger partial charge in [-0.15, -0.1) is 11.3 Å². The number of para-hydroxylation sites is 1. The smallest absolute Gasteiger partial charge is 0.257 e. The van der Waals surface area contributed by atoms with E-state index in [-0.39, 0.29) is 18.1 Å². The van der Waals surface area contributed by atoms with Gasteiger partial charge in [0.15, 0.2) is 0 Å². The molecule has 3 heterocycles.